The maximum absolute atomic E-state index is 12.8. The van der Waals surface area contributed by atoms with Gasteiger partial charge < -0.3 is 15.2 Å². The van der Waals surface area contributed by atoms with Gasteiger partial charge in [0.05, 0.1) is 11.1 Å². The number of benzene rings is 1. The van der Waals surface area contributed by atoms with Crippen molar-refractivity contribution in [1.29, 1.82) is 0 Å². The Labute approximate surface area is 115 Å². The fourth-order valence-corrected chi connectivity index (χ4v) is 2.13. The Hall–Kier alpha value is -1.33. The summed E-state index contributed by atoms with van der Waals surface area (Å²) in [6.07, 6.45) is 1.23. The van der Waals surface area contributed by atoms with Gasteiger partial charge in [-0.3, -0.25) is 4.79 Å². The van der Waals surface area contributed by atoms with Crippen LogP contribution in [-0.2, 0) is 4.79 Å². The third kappa shape index (κ3) is 4.08. The van der Waals surface area contributed by atoms with Crippen LogP contribution in [-0.4, -0.2) is 30.3 Å². The molecule has 19 heavy (non-hydrogen) atoms. The first-order chi connectivity index (χ1) is 9.04. The topological polar surface area (TPSA) is 58.6 Å². The average Bonchev–Trinajstić information content (AvgIpc) is 2.32. The number of amides is 1. The highest BCUT2D eigenvalue weighted by molar-refractivity contribution is 6.32. The Kier molecular flexibility index (Phi) is 4.61. The van der Waals surface area contributed by atoms with E-state index in [0.29, 0.717) is 12.5 Å². The van der Waals surface area contributed by atoms with Gasteiger partial charge in [-0.25, -0.2) is 4.39 Å². The van der Waals surface area contributed by atoms with Gasteiger partial charge in [0.1, 0.15) is 11.6 Å². The smallest absolute Gasteiger partial charge is 0.257 e. The molecule has 1 aliphatic rings. The fraction of sp³-hybridized carbons (Fsp3) is 0.462. The highest BCUT2D eigenvalue weighted by Crippen LogP contribution is 2.26. The van der Waals surface area contributed by atoms with Gasteiger partial charge >= 0.3 is 0 Å². The standard InChI is InChI=1S/C13H15ClFNO3/c14-11-5-9(15)1-2-12(11)19-7-13(18)16-6-8-3-10(17)4-8/h1-2,5,8,10,17H,3-4,6-7H2,(H,16,18). The summed E-state index contributed by atoms with van der Waals surface area (Å²) in [5.74, 6) is -0.0993. The van der Waals surface area contributed by atoms with Crippen LogP contribution in [0.15, 0.2) is 18.2 Å². The molecule has 0 unspecified atom stereocenters. The van der Waals surface area contributed by atoms with E-state index in [9.17, 15) is 9.18 Å². The van der Waals surface area contributed by atoms with E-state index in [1.54, 1.807) is 0 Å². The molecule has 1 aliphatic carbocycles. The molecule has 2 N–H and O–H groups in total. The largest absolute Gasteiger partial charge is 0.482 e. The first-order valence-corrected chi connectivity index (χ1v) is 6.45. The minimum atomic E-state index is -0.453. The lowest BCUT2D eigenvalue weighted by Gasteiger charge is -2.31. The molecule has 6 heteroatoms. The number of carbonyl (C=O) groups is 1. The molecule has 1 fully saturated rings. The Balaban J connectivity index is 1.71. The number of halogens is 2. The predicted molar refractivity (Wildman–Crippen MR) is 68.6 cm³/mol. The Morgan fingerprint density at radius 3 is 2.89 bits per heavy atom. The Morgan fingerprint density at radius 2 is 2.26 bits per heavy atom. The molecular formula is C13H15ClFNO3. The molecule has 0 aliphatic heterocycles. The van der Waals surface area contributed by atoms with Crippen molar-refractivity contribution in [3.05, 3.63) is 29.0 Å². The molecule has 0 saturated heterocycles. The van der Waals surface area contributed by atoms with Crippen molar-refractivity contribution in [3.63, 3.8) is 0 Å². The molecule has 1 saturated carbocycles. The number of nitrogens with one attached hydrogen (secondary N) is 1. The fourth-order valence-electron chi connectivity index (χ4n) is 1.91. The maximum Gasteiger partial charge on any atom is 0.257 e. The van der Waals surface area contributed by atoms with Crippen molar-refractivity contribution in [1.82, 2.24) is 5.32 Å². The molecule has 0 atom stereocenters. The summed E-state index contributed by atoms with van der Waals surface area (Å²) >= 11 is 5.76. The van der Waals surface area contributed by atoms with Gasteiger partial charge in [-0.1, -0.05) is 11.6 Å². The van der Waals surface area contributed by atoms with Gasteiger partial charge in [-0.15, -0.1) is 0 Å². The van der Waals surface area contributed by atoms with E-state index in [4.69, 9.17) is 21.4 Å². The molecule has 1 aromatic rings. The Bertz CT molecular complexity index is 463. The van der Waals surface area contributed by atoms with Crippen LogP contribution in [0.5, 0.6) is 5.75 Å². The highest BCUT2D eigenvalue weighted by Gasteiger charge is 2.27. The Morgan fingerprint density at radius 1 is 1.53 bits per heavy atom. The van der Waals surface area contributed by atoms with E-state index >= 15 is 0 Å². The third-order valence-electron chi connectivity index (χ3n) is 3.05. The van der Waals surface area contributed by atoms with Crippen molar-refractivity contribution in [2.75, 3.05) is 13.2 Å². The van der Waals surface area contributed by atoms with Gasteiger partial charge in [0.2, 0.25) is 0 Å². The molecule has 1 aromatic carbocycles. The number of aliphatic hydroxyl groups excluding tert-OH is 1. The average molecular weight is 288 g/mol. The number of hydrogen-bond donors (Lipinski definition) is 2. The first-order valence-electron chi connectivity index (χ1n) is 6.07. The zero-order valence-electron chi connectivity index (χ0n) is 10.2. The van der Waals surface area contributed by atoms with Crippen LogP contribution in [0, 0.1) is 11.7 Å². The summed E-state index contributed by atoms with van der Waals surface area (Å²) in [5, 5.41) is 12.0. The molecular weight excluding hydrogens is 273 g/mol. The van der Waals surface area contributed by atoms with Crippen LogP contribution in [0.3, 0.4) is 0 Å². The molecule has 0 heterocycles. The van der Waals surface area contributed by atoms with E-state index < -0.39 is 5.82 Å². The summed E-state index contributed by atoms with van der Waals surface area (Å²) in [6.45, 7) is 0.372. The monoisotopic (exact) mass is 287 g/mol. The molecule has 0 bridgehead atoms. The summed E-state index contributed by atoms with van der Waals surface area (Å²) in [7, 11) is 0. The summed E-state index contributed by atoms with van der Waals surface area (Å²) < 4.78 is 18.0. The van der Waals surface area contributed by atoms with E-state index in [2.05, 4.69) is 5.32 Å². The minimum Gasteiger partial charge on any atom is -0.482 e. The SMILES string of the molecule is O=C(COc1ccc(F)cc1Cl)NCC1CC(O)C1. The molecule has 1 amide bonds. The van der Waals surface area contributed by atoms with Crippen molar-refractivity contribution in [2.45, 2.75) is 18.9 Å². The van der Waals surface area contributed by atoms with Crippen LogP contribution < -0.4 is 10.1 Å². The first kappa shape index (κ1) is 14.1. The molecule has 0 radical (unpaired) electrons. The van der Waals surface area contributed by atoms with Crippen LogP contribution in [0.25, 0.3) is 0 Å². The summed E-state index contributed by atoms with van der Waals surface area (Å²) in [5.41, 5.74) is 0. The minimum absolute atomic E-state index is 0.134. The van der Waals surface area contributed by atoms with Crippen molar-refractivity contribution >= 4 is 17.5 Å². The van der Waals surface area contributed by atoms with Crippen LogP contribution in [0.4, 0.5) is 4.39 Å². The molecule has 0 spiro atoms. The molecule has 104 valence electrons. The number of rotatable bonds is 5. The number of hydrogen-bond acceptors (Lipinski definition) is 3. The number of ether oxygens (including phenoxy) is 1. The van der Waals surface area contributed by atoms with E-state index in [1.807, 2.05) is 0 Å². The van der Waals surface area contributed by atoms with Gasteiger partial charge in [-0.05, 0) is 37.0 Å². The van der Waals surface area contributed by atoms with Crippen LogP contribution >= 0.6 is 11.6 Å². The lowest BCUT2D eigenvalue weighted by Crippen LogP contribution is -2.39. The van der Waals surface area contributed by atoms with E-state index in [0.717, 1.165) is 18.9 Å². The third-order valence-corrected chi connectivity index (χ3v) is 3.35. The molecule has 4 nitrogen and oxygen atoms in total. The van der Waals surface area contributed by atoms with Gasteiger partial charge in [-0.2, -0.15) is 0 Å². The second-order valence-corrected chi connectivity index (χ2v) is 5.07. The lowest BCUT2D eigenvalue weighted by atomic mass is 9.82. The normalized spacial score (nSPS) is 21.6. The summed E-state index contributed by atoms with van der Waals surface area (Å²) in [4.78, 5) is 11.5. The second kappa shape index (κ2) is 6.21. The van der Waals surface area contributed by atoms with Gasteiger partial charge in [0, 0.05) is 6.54 Å². The highest BCUT2D eigenvalue weighted by atomic mass is 35.5. The van der Waals surface area contributed by atoms with Crippen molar-refractivity contribution in [3.8, 4) is 5.75 Å². The zero-order valence-corrected chi connectivity index (χ0v) is 11.0. The van der Waals surface area contributed by atoms with Gasteiger partial charge in [0.15, 0.2) is 6.61 Å². The number of aliphatic hydroxyl groups is 1. The quantitative estimate of drug-likeness (QED) is 0.867. The summed E-state index contributed by atoms with van der Waals surface area (Å²) in [6, 6.07) is 3.73. The maximum atomic E-state index is 12.8. The van der Waals surface area contributed by atoms with Crippen molar-refractivity contribution < 1.29 is 19.0 Å². The van der Waals surface area contributed by atoms with E-state index in [1.165, 1.54) is 12.1 Å². The lowest BCUT2D eigenvalue weighted by molar-refractivity contribution is -0.123. The number of carbonyl (C=O) groups excluding carboxylic acids is 1. The van der Waals surface area contributed by atoms with E-state index in [-0.39, 0.29) is 29.4 Å². The van der Waals surface area contributed by atoms with Crippen molar-refractivity contribution in [2.24, 2.45) is 5.92 Å². The van der Waals surface area contributed by atoms with Crippen LogP contribution in [0.1, 0.15) is 12.8 Å². The second-order valence-electron chi connectivity index (χ2n) is 4.66. The van der Waals surface area contributed by atoms with Crippen LogP contribution in [0.2, 0.25) is 5.02 Å². The van der Waals surface area contributed by atoms with Gasteiger partial charge in [0.25, 0.3) is 5.91 Å². The zero-order chi connectivity index (χ0) is 13.8. The molecule has 0 aromatic heterocycles. The molecule has 2 rings (SSSR count). The predicted octanol–water partition coefficient (Wildman–Crippen LogP) is 1.74.